The normalized spacial score (nSPS) is 17.8. The van der Waals surface area contributed by atoms with Gasteiger partial charge in [-0.15, -0.1) is 0 Å². The zero-order valence-corrected chi connectivity index (χ0v) is 13.6. The maximum atomic E-state index is 11.3. The molecular weight excluding hydrogens is 308 g/mol. The van der Waals surface area contributed by atoms with Crippen LogP contribution >= 0.6 is 0 Å². The lowest BCUT2D eigenvalue weighted by Gasteiger charge is -2.09. The molecule has 0 saturated carbocycles. The first-order chi connectivity index (χ1) is 11.5. The van der Waals surface area contributed by atoms with Gasteiger partial charge in [0.15, 0.2) is 0 Å². The molecule has 0 bridgehead atoms. The number of esters is 1. The van der Waals surface area contributed by atoms with Crippen LogP contribution in [0.4, 0.5) is 0 Å². The van der Waals surface area contributed by atoms with Crippen molar-refractivity contribution in [2.45, 2.75) is 26.4 Å². The molecule has 1 aliphatic heterocycles. The minimum absolute atomic E-state index is 0.191. The summed E-state index contributed by atoms with van der Waals surface area (Å²) in [6, 6.07) is 8.48. The predicted molar refractivity (Wildman–Crippen MR) is 90.0 cm³/mol. The molecule has 3 rings (SSSR count). The molecule has 0 N–H and O–H groups in total. The third kappa shape index (κ3) is 3.74. The number of cyclic esters (lactones) is 1. The number of ether oxygens (including phenoxy) is 2. The van der Waals surface area contributed by atoms with E-state index in [-0.39, 0.29) is 17.7 Å². The fraction of sp³-hybridized carbons (Fsp3) is 0.263. The second kappa shape index (κ2) is 6.74. The summed E-state index contributed by atoms with van der Waals surface area (Å²) in [6.07, 6.45) is 4.25. The summed E-state index contributed by atoms with van der Waals surface area (Å²) in [5.41, 5.74) is 1.84. The Bertz CT molecular complexity index is 888. The molecule has 1 aliphatic rings. The van der Waals surface area contributed by atoms with Crippen molar-refractivity contribution in [3.8, 4) is 5.75 Å². The van der Waals surface area contributed by atoms with Gasteiger partial charge in [0.05, 0.1) is 0 Å². The van der Waals surface area contributed by atoms with Gasteiger partial charge in [-0.3, -0.25) is 0 Å². The van der Waals surface area contributed by atoms with E-state index < -0.39 is 0 Å². The van der Waals surface area contributed by atoms with E-state index in [0.717, 1.165) is 11.0 Å². The Hall–Kier alpha value is -2.82. The topological polar surface area (TPSA) is 65.7 Å². The van der Waals surface area contributed by atoms with E-state index in [1.54, 1.807) is 19.1 Å². The average Bonchev–Trinajstić information content (AvgIpc) is 2.84. The summed E-state index contributed by atoms with van der Waals surface area (Å²) < 4.78 is 16.0. The van der Waals surface area contributed by atoms with Crippen LogP contribution in [0.3, 0.4) is 0 Å². The van der Waals surface area contributed by atoms with Crippen molar-refractivity contribution >= 4 is 16.9 Å². The largest absolute Gasteiger partial charge is 0.489 e. The van der Waals surface area contributed by atoms with Crippen LogP contribution in [0.2, 0.25) is 0 Å². The Kier molecular flexibility index (Phi) is 4.51. The zero-order valence-electron chi connectivity index (χ0n) is 13.6. The highest BCUT2D eigenvalue weighted by Gasteiger charge is 2.21. The van der Waals surface area contributed by atoms with Crippen molar-refractivity contribution in [3.63, 3.8) is 0 Å². The highest BCUT2D eigenvalue weighted by molar-refractivity contribution is 5.90. The Morgan fingerprint density at radius 1 is 1.25 bits per heavy atom. The molecule has 5 nitrogen and oxygen atoms in total. The van der Waals surface area contributed by atoms with Crippen LogP contribution in [0.25, 0.3) is 11.0 Å². The van der Waals surface area contributed by atoms with Gasteiger partial charge in [0.2, 0.25) is 0 Å². The molecule has 0 spiro atoms. The fourth-order valence-electron chi connectivity index (χ4n) is 2.52. The van der Waals surface area contributed by atoms with Crippen LogP contribution in [0.1, 0.15) is 20.3 Å². The third-order valence-corrected chi connectivity index (χ3v) is 3.82. The summed E-state index contributed by atoms with van der Waals surface area (Å²) in [5, 5.41) is 0.846. The summed E-state index contributed by atoms with van der Waals surface area (Å²) in [4.78, 5) is 22.6. The summed E-state index contributed by atoms with van der Waals surface area (Å²) in [5.74, 6) is 0.380. The van der Waals surface area contributed by atoms with Crippen molar-refractivity contribution in [2.75, 3.05) is 6.61 Å². The Morgan fingerprint density at radius 2 is 2.04 bits per heavy atom. The Morgan fingerprint density at radius 3 is 2.79 bits per heavy atom. The van der Waals surface area contributed by atoms with Crippen molar-refractivity contribution in [2.24, 2.45) is 0 Å². The molecule has 24 heavy (non-hydrogen) atoms. The first kappa shape index (κ1) is 16.1. The molecule has 0 aliphatic carbocycles. The van der Waals surface area contributed by atoms with E-state index in [2.05, 4.69) is 0 Å². The van der Waals surface area contributed by atoms with Crippen LogP contribution in [0, 0.1) is 0 Å². The minimum Gasteiger partial charge on any atom is -0.489 e. The maximum absolute atomic E-state index is 11.3. The Labute approximate surface area is 139 Å². The predicted octanol–water partition coefficient (Wildman–Crippen LogP) is 3.38. The molecule has 1 aromatic heterocycles. The summed E-state index contributed by atoms with van der Waals surface area (Å²) >= 11 is 0. The quantitative estimate of drug-likeness (QED) is 0.479. The number of hydrogen-bond donors (Lipinski definition) is 0. The number of carbonyl (C=O) groups excluding carboxylic acids is 1. The number of carbonyl (C=O) groups is 1. The lowest BCUT2D eigenvalue weighted by Crippen LogP contribution is -2.08. The number of hydrogen-bond acceptors (Lipinski definition) is 5. The zero-order chi connectivity index (χ0) is 17.1. The average molecular weight is 326 g/mol. The van der Waals surface area contributed by atoms with Gasteiger partial charge in [0, 0.05) is 29.5 Å². The van der Waals surface area contributed by atoms with Crippen LogP contribution in [0.5, 0.6) is 5.75 Å². The lowest BCUT2D eigenvalue weighted by molar-refractivity contribution is -0.139. The molecule has 1 aromatic carbocycles. The molecule has 2 aromatic rings. The van der Waals surface area contributed by atoms with Gasteiger partial charge < -0.3 is 13.9 Å². The molecule has 0 amide bonds. The SMILES string of the molecule is CC1=C[C@@H](C/C(C)=C\COc2ccc3ccc(=O)oc3c2)OC1=O. The van der Waals surface area contributed by atoms with Crippen molar-refractivity contribution in [3.05, 3.63) is 64.1 Å². The molecule has 124 valence electrons. The molecule has 0 radical (unpaired) electrons. The molecule has 0 fully saturated rings. The lowest BCUT2D eigenvalue weighted by atomic mass is 10.1. The fourth-order valence-corrected chi connectivity index (χ4v) is 2.52. The first-order valence-corrected chi connectivity index (χ1v) is 7.73. The summed E-state index contributed by atoms with van der Waals surface area (Å²) in [7, 11) is 0. The van der Waals surface area contributed by atoms with Gasteiger partial charge in [-0.25, -0.2) is 9.59 Å². The van der Waals surface area contributed by atoms with Gasteiger partial charge >= 0.3 is 11.6 Å². The molecular formula is C19H18O5. The van der Waals surface area contributed by atoms with Crippen LogP contribution in [-0.2, 0) is 9.53 Å². The van der Waals surface area contributed by atoms with E-state index in [1.807, 2.05) is 31.2 Å². The highest BCUT2D eigenvalue weighted by Crippen LogP contribution is 2.21. The number of fused-ring (bicyclic) bond motifs is 1. The molecule has 0 saturated heterocycles. The van der Waals surface area contributed by atoms with E-state index in [0.29, 0.717) is 29.9 Å². The van der Waals surface area contributed by atoms with E-state index in [4.69, 9.17) is 13.9 Å². The van der Waals surface area contributed by atoms with Gasteiger partial charge in [-0.2, -0.15) is 0 Å². The van der Waals surface area contributed by atoms with Gasteiger partial charge in [-0.05, 0) is 44.2 Å². The molecule has 5 heteroatoms. The van der Waals surface area contributed by atoms with Crippen molar-refractivity contribution in [1.29, 1.82) is 0 Å². The van der Waals surface area contributed by atoms with E-state index in [1.165, 1.54) is 6.07 Å². The van der Waals surface area contributed by atoms with E-state index in [9.17, 15) is 9.59 Å². The van der Waals surface area contributed by atoms with Crippen LogP contribution in [-0.4, -0.2) is 18.7 Å². The monoisotopic (exact) mass is 326 g/mol. The molecule has 1 atom stereocenters. The maximum Gasteiger partial charge on any atom is 0.336 e. The van der Waals surface area contributed by atoms with Crippen molar-refractivity contribution < 1.29 is 18.7 Å². The molecule has 0 unspecified atom stereocenters. The number of benzene rings is 1. The highest BCUT2D eigenvalue weighted by atomic mass is 16.5. The van der Waals surface area contributed by atoms with Gasteiger partial charge in [-0.1, -0.05) is 5.57 Å². The van der Waals surface area contributed by atoms with Gasteiger partial charge in [0.25, 0.3) is 0 Å². The first-order valence-electron chi connectivity index (χ1n) is 7.73. The number of rotatable bonds is 5. The smallest absolute Gasteiger partial charge is 0.336 e. The molecule has 2 heterocycles. The van der Waals surface area contributed by atoms with Crippen molar-refractivity contribution in [1.82, 2.24) is 0 Å². The van der Waals surface area contributed by atoms with Crippen LogP contribution < -0.4 is 10.4 Å². The summed E-state index contributed by atoms with van der Waals surface area (Å²) in [6.45, 7) is 4.11. The third-order valence-electron chi connectivity index (χ3n) is 3.82. The standard InChI is InChI=1S/C19H18O5/c1-12(9-16-10-13(2)19(21)23-16)7-8-22-15-5-3-14-4-6-18(20)24-17(14)11-15/h3-7,10-11,16H,8-9H2,1-2H3/b12-7-/t16-/m1/s1. The van der Waals surface area contributed by atoms with E-state index >= 15 is 0 Å². The van der Waals surface area contributed by atoms with Crippen LogP contribution in [0.15, 0.2) is 62.8 Å². The minimum atomic E-state index is -0.384. The second-order valence-electron chi connectivity index (χ2n) is 5.81. The van der Waals surface area contributed by atoms with Gasteiger partial charge in [0.1, 0.15) is 24.0 Å². The second-order valence-corrected chi connectivity index (χ2v) is 5.81. The Balaban J connectivity index is 1.59.